The van der Waals surface area contributed by atoms with E-state index in [1.54, 1.807) is 0 Å². The standard InChI is InChI=1S/C39H31N3/c1-22-14-29(39(3,4)5)15-23(2)36(22)28-17-31-30-16-24-10-6-8-12-26(24)19-33(30)42-37(31)35(21-28)41-34-20-27-13-9-7-11-25(27)18-32(34)40-38(41)42/h6-21H,1-5H3. The lowest BCUT2D eigenvalue weighted by molar-refractivity contribution is 0.589. The van der Waals surface area contributed by atoms with Crippen molar-refractivity contribution < 1.29 is 0 Å². The van der Waals surface area contributed by atoms with Gasteiger partial charge in [-0.2, -0.15) is 0 Å². The van der Waals surface area contributed by atoms with Crippen molar-refractivity contribution in [2.75, 3.05) is 0 Å². The van der Waals surface area contributed by atoms with Gasteiger partial charge in [0.2, 0.25) is 5.78 Å². The fourth-order valence-corrected chi connectivity index (χ4v) is 7.32. The van der Waals surface area contributed by atoms with Gasteiger partial charge in [-0.05, 0) is 105 Å². The summed E-state index contributed by atoms with van der Waals surface area (Å²) in [5, 5.41) is 7.51. The first-order valence-corrected chi connectivity index (χ1v) is 14.8. The Kier molecular flexibility index (Phi) is 4.47. The summed E-state index contributed by atoms with van der Waals surface area (Å²) in [6, 6.07) is 36.1. The van der Waals surface area contributed by atoms with Gasteiger partial charge in [0.1, 0.15) is 0 Å². The van der Waals surface area contributed by atoms with E-state index in [1.807, 2.05) is 0 Å². The Morgan fingerprint density at radius 3 is 1.81 bits per heavy atom. The minimum atomic E-state index is 0.105. The van der Waals surface area contributed by atoms with Crippen molar-refractivity contribution in [1.82, 2.24) is 13.8 Å². The summed E-state index contributed by atoms with van der Waals surface area (Å²) in [6.45, 7) is 11.4. The van der Waals surface area contributed by atoms with Crippen molar-refractivity contribution in [3.05, 3.63) is 114 Å². The fourth-order valence-electron chi connectivity index (χ4n) is 7.32. The lowest BCUT2D eigenvalue weighted by atomic mass is 9.82. The van der Waals surface area contributed by atoms with E-state index in [4.69, 9.17) is 4.98 Å². The SMILES string of the molecule is Cc1cc(C(C)(C)C)cc(C)c1-c1cc2c3cc4ccccc4cc3n3c2c(c1)n1c2cc4ccccc4cc2nc13. The number of nitrogens with zero attached hydrogens (tertiary/aromatic N) is 3. The summed E-state index contributed by atoms with van der Waals surface area (Å²) in [5.41, 5.74) is 12.5. The van der Waals surface area contributed by atoms with Crippen molar-refractivity contribution >= 4 is 65.7 Å². The zero-order valence-corrected chi connectivity index (χ0v) is 24.6. The zero-order valence-electron chi connectivity index (χ0n) is 24.6. The topological polar surface area (TPSA) is 21.7 Å². The summed E-state index contributed by atoms with van der Waals surface area (Å²) in [5.74, 6) is 0.972. The third-order valence-corrected chi connectivity index (χ3v) is 9.34. The molecular formula is C39H31N3. The van der Waals surface area contributed by atoms with Crippen LogP contribution in [0.2, 0.25) is 0 Å². The molecule has 0 unspecified atom stereocenters. The van der Waals surface area contributed by atoms with Crippen LogP contribution in [0.15, 0.2) is 97.1 Å². The van der Waals surface area contributed by atoms with E-state index in [1.165, 1.54) is 76.7 Å². The van der Waals surface area contributed by atoms with Gasteiger partial charge in [-0.1, -0.05) is 81.4 Å². The molecule has 0 bridgehead atoms. The number of benzene rings is 6. The number of hydrogen-bond donors (Lipinski definition) is 0. The molecule has 0 aliphatic heterocycles. The molecule has 3 heteroatoms. The van der Waals surface area contributed by atoms with Gasteiger partial charge in [0.15, 0.2) is 0 Å². The molecule has 3 heterocycles. The highest BCUT2D eigenvalue weighted by Crippen LogP contribution is 2.42. The average Bonchev–Trinajstić information content (AvgIpc) is 3.59. The van der Waals surface area contributed by atoms with Crippen LogP contribution in [-0.4, -0.2) is 13.8 Å². The van der Waals surface area contributed by atoms with Crippen molar-refractivity contribution in [3.8, 4) is 11.1 Å². The van der Waals surface area contributed by atoms with E-state index in [-0.39, 0.29) is 5.41 Å². The minimum Gasteiger partial charge on any atom is -0.277 e. The van der Waals surface area contributed by atoms with Crippen molar-refractivity contribution in [2.24, 2.45) is 0 Å². The van der Waals surface area contributed by atoms with Gasteiger partial charge in [-0.25, -0.2) is 4.98 Å². The van der Waals surface area contributed by atoms with Crippen LogP contribution in [0.4, 0.5) is 0 Å². The third-order valence-electron chi connectivity index (χ3n) is 9.34. The van der Waals surface area contributed by atoms with Gasteiger partial charge >= 0.3 is 0 Å². The Balaban J connectivity index is 1.48. The molecule has 0 aliphatic carbocycles. The van der Waals surface area contributed by atoms with Crippen LogP contribution < -0.4 is 0 Å². The van der Waals surface area contributed by atoms with E-state index in [0.717, 1.165) is 16.8 Å². The number of aryl methyl sites for hydroxylation is 2. The van der Waals surface area contributed by atoms with E-state index in [0.29, 0.717) is 0 Å². The van der Waals surface area contributed by atoms with Gasteiger partial charge in [0.05, 0.1) is 27.6 Å². The Labute approximate surface area is 244 Å². The van der Waals surface area contributed by atoms with Crippen LogP contribution in [0.25, 0.3) is 76.8 Å². The van der Waals surface area contributed by atoms with E-state index >= 15 is 0 Å². The predicted molar refractivity (Wildman–Crippen MR) is 178 cm³/mol. The maximum absolute atomic E-state index is 5.29. The number of rotatable bonds is 1. The lowest BCUT2D eigenvalue weighted by Crippen LogP contribution is -2.12. The van der Waals surface area contributed by atoms with Gasteiger partial charge in [-0.15, -0.1) is 0 Å². The summed E-state index contributed by atoms with van der Waals surface area (Å²) >= 11 is 0. The molecular weight excluding hydrogens is 510 g/mol. The summed E-state index contributed by atoms with van der Waals surface area (Å²) in [6.07, 6.45) is 0. The van der Waals surface area contributed by atoms with Gasteiger partial charge in [0, 0.05) is 10.8 Å². The second-order valence-electron chi connectivity index (χ2n) is 13.1. The molecule has 0 saturated heterocycles. The van der Waals surface area contributed by atoms with Gasteiger partial charge in [-0.3, -0.25) is 8.80 Å². The molecule has 0 radical (unpaired) electrons. The Bertz CT molecular complexity index is 2550. The van der Waals surface area contributed by atoms with Gasteiger partial charge in [0.25, 0.3) is 0 Å². The molecule has 0 saturated carbocycles. The quantitative estimate of drug-likeness (QED) is 0.203. The zero-order chi connectivity index (χ0) is 28.5. The van der Waals surface area contributed by atoms with E-state index in [9.17, 15) is 0 Å². The monoisotopic (exact) mass is 541 g/mol. The molecule has 0 aliphatic rings. The Morgan fingerprint density at radius 1 is 0.571 bits per heavy atom. The van der Waals surface area contributed by atoms with Gasteiger partial charge < -0.3 is 0 Å². The highest BCUT2D eigenvalue weighted by atomic mass is 15.2. The number of fused-ring (bicyclic) bond motifs is 10. The molecule has 0 atom stereocenters. The molecule has 6 aromatic carbocycles. The molecule has 0 amide bonds. The highest BCUT2D eigenvalue weighted by molar-refractivity contribution is 6.20. The predicted octanol–water partition coefficient (Wildman–Crippen LogP) is 10.4. The highest BCUT2D eigenvalue weighted by Gasteiger charge is 2.24. The molecule has 0 spiro atoms. The first-order chi connectivity index (χ1) is 20.3. The molecule has 9 rings (SSSR count). The second-order valence-corrected chi connectivity index (χ2v) is 13.1. The van der Waals surface area contributed by atoms with Crippen molar-refractivity contribution in [3.63, 3.8) is 0 Å². The minimum absolute atomic E-state index is 0.105. The maximum Gasteiger partial charge on any atom is 0.220 e. The fraction of sp³-hybridized carbons (Fsp3) is 0.154. The van der Waals surface area contributed by atoms with Crippen molar-refractivity contribution in [1.29, 1.82) is 0 Å². The smallest absolute Gasteiger partial charge is 0.220 e. The third kappa shape index (κ3) is 3.08. The van der Waals surface area contributed by atoms with Crippen LogP contribution in [0.1, 0.15) is 37.5 Å². The Hall–Kier alpha value is -4.89. The average molecular weight is 542 g/mol. The molecule has 202 valence electrons. The van der Waals surface area contributed by atoms with Crippen LogP contribution in [0, 0.1) is 13.8 Å². The molecule has 42 heavy (non-hydrogen) atoms. The summed E-state index contributed by atoms with van der Waals surface area (Å²) < 4.78 is 4.78. The van der Waals surface area contributed by atoms with E-state index in [2.05, 4.69) is 140 Å². The van der Waals surface area contributed by atoms with Crippen LogP contribution in [0.3, 0.4) is 0 Å². The normalized spacial score (nSPS) is 12.9. The number of aromatic nitrogens is 3. The van der Waals surface area contributed by atoms with Crippen LogP contribution in [-0.2, 0) is 5.41 Å². The number of imidazole rings is 2. The molecule has 0 N–H and O–H groups in total. The maximum atomic E-state index is 5.29. The first-order valence-electron chi connectivity index (χ1n) is 14.8. The second kappa shape index (κ2) is 7.89. The lowest BCUT2D eigenvalue weighted by Gasteiger charge is -2.22. The molecule has 0 fully saturated rings. The number of hydrogen-bond acceptors (Lipinski definition) is 1. The van der Waals surface area contributed by atoms with Crippen molar-refractivity contribution in [2.45, 2.75) is 40.0 Å². The molecule has 3 aromatic heterocycles. The van der Waals surface area contributed by atoms with E-state index < -0.39 is 0 Å². The molecule has 3 nitrogen and oxygen atoms in total. The molecule has 9 aromatic rings. The largest absolute Gasteiger partial charge is 0.277 e. The first kappa shape index (κ1) is 23.8. The van der Waals surface area contributed by atoms with Crippen LogP contribution >= 0.6 is 0 Å². The summed E-state index contributed by atoms with van der Waals surface area (Å²) in [7, 11) is 0. The summed E-state index contributed by atoms with van der Waals surface area (Å²) in [4.78, 5) is 5.29. The Morgan fingerprint density at radius 2 is 1.17 bits per heavy atom. The van der Waals surface area contributed by atoms with Crippen LogP contribution in [0.5, 0.6) is 0 Å².